The van der Waals surface area contributed by atoms with Crippen molar-refractivity contribution >= 4 is 11.7 Å². The number of hydrogen-bond acceptors (Lipinski definition) is 5. The molecule has 1 amide bonds. The normalized spacial score (nSPS) is 12.0. The molecule has 0 bridgehead atoms. The van der Waals surface area contributed by atoms with E-state index in [-0.39, 0.29) is 11.9 Å². The first-order valence-corrected chi connectivity index (χ1v) is 10.2. The summed E-state index contributed by atoms with van der Waals surface area (Å²) >= 11 is 0. The Bertz CT molecular complexity index is 1200. The lowest BCUT2D eigenvalue weighted by Crippen LogP contribution is -2.29. The first-order valence-electron chi connectivity index (χ1n) is 10.2. The van der Waals surface area contributed by atoms with Crippen molar-refractivity contribution in [2.75, 3.05) is 7.11 Å². The minimum atomic E-state index is -0.262. The van der Waals surface area contributed by atoms with Gasteiger partial charge in [0.25, 0.3) is 5.78 Å². The Morgan fingerprint density at radius 1 is 1.10 bits per heavy atom. The van der Waals surface area contributed by atoms with Gasteiger partial charge in [0.05, 0.1) is 13.2 Å². The van der Waals surface area contributed by atoms with Crippen LogP contribution in [-0.2, 0) is 11.2 Å². The number of fused-ring (bicyclic) bond motifs is 1. The molecular formula is C24H25N5O2. The number of benzene rings is 2. The number of methoxy groups -OCH3 is 1. The first-order chi connectivity index (χ1) is 15.1. The van der Waals surface area contributed by atoms with Gasteiger partial charge in [-0.05, 0) is 49.1 Å². The van der Waals surface area contributed by atoms with E-state index in [1.807, 2.05) is 68.4 Å². The summed E-state index contributed by atoms with van der Waals surface area (Å²) in [6.45, 7) is 3.92. The number of nitrogens with zero attached hydrogens (tertiary/aromatic N) is 4. The van der Waals surface area contributed by atoms with Crippen molar-refractivity contribution in [1.29, 1.82) is 0 Å². The van der Waals surface area contributed by atoms with Crippen LogP contribution in [0.1, 0.15) is 40.5 Å². The molecule has 2 aromatic heterocycles. The monoisotopic (exact) mass is 415 g/mol. The van der Waals surface area contributed by atoms with Crippen molar-refractivity contribution < 1.29 is 9.53 Å². The number of hydrogen-bond donors (Lipinski definition) is 1. The van der Waals surface area contributed by atoms with Crippen LogP contribution in [0.3, 0.4) is 0 Å². The molecule has 31 heavy (non-hydrogen) atoms. The van der Waals surface area contributed by atoms with Gasteiger partial charge in [-0.15, -0.1) is 0 Å². The fraction of sp³-hybridized carbons (Fsp3) is 0.250. The van der Waals surface area contributed by atoms with E-state index < -0.39 is 0 Å². The Labute approximate surface area is 181 Å². The summed E-state index contributed by atoms with van der Waals surface area (Å²) in [4.78, 5) is 21.6. The Kier molecular flexibility index (Phi) is 5.93. The van der Waals surface area contributed by atoms with Gasteiger partial charge in [0, 0.05) is 17.8 Å². The zero-order chi connectivity index (χ0) is 21.8. The molecule has 7 heteroatoms. The predicted molar refractivity (Wildman–Crippen MR) is 118 cm³/mol. The molecule has 0 aliphatic carbocycles. The second-order valence-electron chi connectivity index (χ2n) is 7.42. The Morgan fingerprint density at radius 2 is 1.87 bits per heavy atom. The maximum absolute atomic E-state index is 13.0. The summed E-state index contributed by atoms with van der Waals surface area (Å²) < 4.78 is 7.08. The molecule has 4 aromatic rings. The highest BCUT2D eigenvalue weighted by atomic mass is 16.5. The van der Waals surface area contributed by atoms with E-state index in [0.717, 1.165) is 33.8 Å². The van der Waals surface area contributed by atoms with Gasteiger partial charge in [-0.3, -0.25) is 4.79 Å². The minimum absolute atomic E-state index is 0.0332. The number of amides is 1. The molecule has 1 atom stereocenters. The third-order valence-electron chi connectivity index (χ3n) is 5.46. The topological polar surface area (TPSA) is 81.4 Å². The lowest BCUT2D eigenvalue weighted by Gasteiger charge is -2.21. The van der Waals surface area contributed by atoms with Crippen molar-refractivity contribution in [3.8, 4) is 5.75 Å². The van der Waals surface area contributed by atoms with Crippen LogP contribution in [0.4, 0.5) is 0 Å². The second-order valence-corrected chi connectivity index (χ2v) is 7.42. The summed E-state index contributed by atoms with van der Waals surface area (Å²) in [6, 6.07) is 17.5. The van der Waals surface area contributed by atoms with Gasteiger partial charge in [0.2, 0.25) is 5.91 Å². The maximum Gasteiger partial charge on any atom is 0.252 e. The Balaban J connectivity index is 1.54. The number of rotatable bonds is 7. The fourth-order valence-electron chi connectivity index (χ4n) is 3.81. The first kappa shape index (κ1) is 20.5. The van der Waals surface area contributed by atoms with E-state index in [1.54, 1.807) is 11.6 Å². The number of carbonyl (C=O) groups is 1. The van der Waals surface area contributed by atoms with Crippen molar-refractivity contribution in [2.45, 2.75) is 32.7 Å². The summed E-state index contributed by atoms with van der Waals surface area (Å²) in [6.07, 6.45) is 2.41. The van der Waals surface area contributed by atoms with Gasteiger partial charge in [-0.2, -0.15) is 10.1 Å². The van der Waals surface area contributed by atoms with Crippen molar-refractivity contribution in [1.82, 2.24) is 24.9 Å². The molecule has 0 fully saturated rings. The molecular weight excluding hydrogens is 390 g/mol. The zero-order valence-corrected chi connectivity index (χ0v) is 17.9. The number of aromatic nitrogens is 4. The van der Waals surface area contributed by atoms with Crippen LogP contribution in [-0.4, -0.2) is 32.6 Å². The van der Waals surface area contributed by atoms with Crippen LogP contribution in [0.15, 0.2) is 60.9 Å². The highest BCUT2D eigenvalue weighted by Gasteiger charge is 2.18. The molecule has 7 nitrogen and oxygen atoms in total. The molecule has 0 aliphatic heterocycles. The quantitative estimate of drug-likeness (QED) is 0.499. The third kappa shape index (κ3) is 4.40. The number of nitrogens with one attached hydrogen (secondary N) is 1. The van der Waals surface area contributed by atoms with Gasteiger partial charge in [0.1, 0.15) is 12.1 Å². The van der Waals surface area contributed by atoms with E-state index >= 15 is 0 Å². The molecule has 0 saturated carbocycles. The van der Waals surface area contributed by atoms with Gasteiger partial charge >= 0.3 is 0 Å². The van der Waals surface area contributed by atoms with E-state index in [1.165, 1.54) is 6.33 Å². The maximum atomic E-state index is 13.0. The Hall–Kier alpha value is -3.74. The molecule has 0 spiro atoms. The molecule has 2 heterocycles. The lowest BCUT2D eigenvalue weighted by atomic mass is 9.98. The third-order valence-corrected chi connectivity index (χ3v) is 5.46. The smallest absolute Gasteiger partial charge is 0.252 e. The average molecular weight is 415 g/mol. The molecule has 0 aliphatic rings. The van der Waals surface area contributed by atoms with E-state index in [4.69, 9.17) is 4.74 Å². The Morgan fingerprint density at radius 3 is 2.65 bits per heavy atom. The number of carbonyl (C=O) groups excluding carboxylic acids is 1. The summed E-state index contributed by atoms with van der Waals surface area (Å²) in [5, 5.41) is 7.41. The highest BCUT2D eigenvalue weighted by Crippen LogP contribution is 2.25. The summed E-state index contributed by atoms with van der Waals surface area (Å²) in [5.74, 6) is 1.30. The number of ether oxygens (including phenoxy) is 1. The lowest BCUT2D eigenvalue weighted by molar-refractivity contribution is -0.121. The van der Waals surface area contributed by atoms with Crippen LogP contribution >= 0.6 is 0 Å². The molecule has 0 saturated heterocycles. The van der Waals surface area contributed by atoms with E-state index in [9.17, 15) is 4.79 Å². The molecule has 1 N–H and O–H groups in total. The fourth-order valence-corrected chi connectivity index (χ4v) is 3.81. The molecule has 4 rings (SSSR count). The summed E-state index contributed by atoms with van der Waals surface area (Å²) in [7, 11) is 1.64. The van der Waals surface area contributed by atoms with E-state index in [0.29, 0.717) is 18.6 Å². The van der Waals surface area contributed by atoms with Gasteiger partial charge < -0.3 is 10.1 Å². The summed E-state index contributed by atoms with van der Waals surface area (Å²) in [5.41, 5.74) is 4.84. The standard InChI is InChI=1S/C24H25N5O2/c1-16-21(17(2)29-24(27-16)25-15-26-29)12-13-22(30)28-23(18-8-5-4-6-9-18)19-10-7-11-20(14-19)31-3/h4-11,14-15,23H,12-13H2,1-3H3,(H,28,30). The van der Waals surface area contributed by atoms with Gasteiger partial charge in [0.15, 0.2) is 0 Å². The predicted octanol–water partition coefficient (Wildman–Crippen LogP) is 3.59. The van der Waals surface area contributed by atoms with Crippen LogP contribution in [0.5, 0.6) is 5.75 Å². The second kappa shape index (κ2) is 8.95. The van der Waals surface area contributed by atoms with Crippen molar-refractivity contribution in [3.63, 3.8) is 0 Å². The average Bonchev–Trinajstić information content (AvgIpc) is 3.26. The SMILES string of the molecule is COc1cccc(C(NC(=O)CCc2c(C)nc3ncnn3c2C)c2ccccc2)c1. The van der Waals surface area contributed by atoms with Crippen LogP contribution < -0.4 is 10.1 Å². The minimum Gasteiger partial charge on any atom is -0.497 e. The van der Waals surface area contributed by atoms with Crippen LogP contribution in [0.2, 0.25) is 0 Å². The largest absolute Gasteiger partial charge is 0.497 e. The van der Waals surface area contributed by atoms with Crippen LogP contribution in [0.25, 0.3) is 5.78 Å². The zero-order valence-electron chi connectivity index (χ0n) is 17.9. The molecule has 1 unspecified atom stereocenters. The molecule has 0 radical (unpaired) electrons. The van der Waals surface area contributed by atoms with Gasteiger partial charge in [-0.25, -0.2) is 9.50 Å². The molecule has 2 aromatic carbocycles. The molecule has 158 valence electrons. The van der Waals surface area contributed by atoms with Crippen molar-refractivity contribution in [3.05, 3.63) is 89.0 Å². The number of aryl methyl sites for hydroxylation is 2. The van der Waals surface area contributed by atoms with Crippen molar-refractivity contribution in [2.24, 2.45) is 0 Å². The van der Waals surface area contributed by atoms with Gasteiger partial charge in [-0.1, -0.05) is 42.5 Å². The van der Waals surface area contributed by atoms with E-state index in [2.05, 4.69) is 20.4 Å². The van der Waals surface area contributed by atoms with Crippen LogP contribution in [0, 0.1) is 13.8 Å². The highest BCUT2D eigenvalue weighted by molar-refractivity contribution is 5.77.